The van der Waals surface area contributed by atoms with Crippen molar-refractivity contribution in [2.75, 3.05) is 6.61 Å². The van der Waals surface area contributed by atoms with Crippen LogP contribution in [0, 0.1) is 11.6 Å². The first-order chi connectivity index (χ1) is 9.65. The van der Waals surface area contributed by atoms with Crippen molar-refractivity contribution < 1.29 is 23.0 Å². The van der Waals surface area contributed by atoms with Gasteiger partial charge in [0.05, 0.1) is 11.1 Å². The summed E-state index contributed by atoms with van der Waals surface area (Å²) in [6, 6.07) is 8.34. The number of Topliss-reactive ketones (excluding diaryl/α,β-unsaturated/α-hetero) is 1. The van der Waals surface area contributed by atoms with Crippen molar-refractivity contribution in [1.82, 2.24) is 0 Å². The van der Waals surface area contributed by atoms with E-state index in [9.17, 15) is 13.6 Å². The Kier molecular flexibility index (Phi) is 3.10. The van der Waals surface area contributed by atoms with Crippen LogP contribution in [0.4, 0.5) is 8.78 Å². The fourth-order valence-corrected chi connectivity index (χ4v) is 1.99. The van der Waals surface area contributed by atoms with Gasteiger partial charge in [-0.1, -0.05) is 6.07 Å². The molecule has 0 saturated heterocycles. The van der Waals surface area contributed by atoms with Crippen LogP contribution >= 0.6 is 0 Å². The van der Waals surface area contributed by atoms with Crippen molar-refractivity contribution in [3.8, 4) is 11.5 Å². The number of ether oxygens (including phenoxy) is 2. The predicted octanol–water partition coefficient (Wildman–Crippen LogP) is 3.12. The maximum Gasteiger partial charge on any atom is 0.203 e. The third kappa shape index (κ3) is 2.22. The normalized spacial score (nSPS) is 13.0. The maximum atomic E-state index is 13.4. The number of fused-ring (bicyclic) bond motifs is 1. The molecule has 0 aromatic heterocycles. The molecule has 0 saturated carbocycles. The number of ketones is 1. The summed E-state index contributed by atoms with van der Waals surface area (Å²) in [5, 5.41) is 0. The van der Waals surface area contributed by atoms with E-state index in [2.05, 4.69) is 0 Å². The highest BCUT2D eigenvalue weighted by atomic mass is 19.1. The molecule has 0 unspecified atom stereocenters. The van der Waals surface area contributed by atoms with Crippen molar-refractivity contribution in [3.63, 3.8) is 0 Å². The molecule has 0 amide bonds. The number of halogens is 2. The van der Waals surface area contributed by atoms with Gasteiger partial charge in [0.15, 0.2) is 6.61 Å². The molecular formula is C15H10F2O3. The maximum absolute atomic E-state index is 13.4. The topological polar surface area (TPSA) is 35.5 Å². The zero-order valence-corrected chi connectivity index (χ0v) is 10.4. The van der Waals surface area contributed by atoms with Gasteiger partial charge in [-0.25, -0.2) is 8.78 Å². The van der Waals surface area contributed by atoms with E-state index in [4.69, 9.17) is 9.47 Å². The van der Waals surface area contributed by atoms with Crippen molar-refractivity contribution in [3.05, 3.63) is 59.2 Å². The van der Waals surface area contributed by atoms with Crippen LogP contribution in [0.25, 0.3) is 0 Å². The molecule has 1 aliphatic heterocycles. The Bertz CT molecular complexity index is 663. The van der Waals surface area contributed by atoms with Crippen LogP contribution in [-0.4, -0.2) is 12.4 Å². The van der Waals surface area contributed by atoms with Gasteiger partial charge in [0.1, 0.15) is 29.7 Å². The van der Waals surface area contributed by atoms with Crippen LogP contribution in [0.2, 0.25) is 0 Å². The van der Waals surface area contributed by atoms with Crippen molar-refractivity contribution in [1.29, 1.82) is 0 Å². The van der Waals surface area contributed by atoms with Gasteiger partial charge in [-0.15, -0.1) is 0 Å². The largest absolute Gasteiger partial charge is 0.489 e. The van der Waals surface area contributed by atoms with Crippen LogP contribution in [0.1, 0.15) is 15.9 Å². The summed E-state index contributed by atoms with van der Waals surface area (Å²) in [4.78, 5) is 11.4. The van der Waals surface area contributed by atoms with Crippen molar-refractivity contribution >= 4 is 5.78 Å². The molecule has 0 aliphatic carbocycles. The molecular weight excluding hydrogens is 266 g/mol. The average molecular weight is 276 g/mol. The number of benzene rings is 2. The molecule has 0 fully saturated rings. The van der Waals surface area contributed by atoms with Crippen molar-refractivity contribution in [2.45, 2.75) is 6.61 Å². The van der Waals surface area contributed by atoms with Gasteiger partial charge in [-0.2, -0.15) is 0 Å². The predicted molar refractivity (Wildman–Crippen MR) is 67.0 cm³/mol. The molecule has 0 bridgehead atoms. The minimum absolute atomic E-state index is 0.0146. The molecule has 3 rings (SSSR count). The first-order valence-electron chi connectivity index (χ1n) is 6.01. The van der Waals surface area contributed by atoms with Gasteiger partial charge in [0.25, 0.3) is 0 Å². The molecule has 5 heteroatoms. The van der Waals surface area contributed by atoms with Gasteiger partial charge in [0, 0.05) is 6.07 Å². The van der Waals surface area contributed by atoms with Crippen LogP contribution in [0.15, 0.2) is 36.4 Å². The van der Waals surface area contributed by atoms with Crippen LogP contribution < -0.4 is 9.47 Å². The fourth-order valence-electron chi connectivity index (χ4n) is 1.99. The first kappa shape index (κ1) is 12.6. The molecule has 102 valence electrons. The lowest BCUT2D eigenvalue weighted by Gasteiger charge is -2.09. The van der Waals surface area contributed by atoms with E-state index in [0.717, 1.165) is 0 Å². The van der Waals surface area contributed by atoms with Gasteiger partial charge in [0.2, 0.25) is 5.78 Å². The third-order valence-corrected chi connectivity index (χ3v) is 3.06. The molecule has 0 N–H and O–H groups in total. The highest BCUT2D eigenvalue weighted by Crippen LogP contribution is 2.30. The fraction of sp³-hybridized carbons (Fsp3) is 0.133. The summed E-state index contributed by atoms with van der Waals surface area (Å²) in [5.41, 5.74) is 0.361. The van der Waals surface area contributed by atoms with E-state index in [0.29, 0.717) is 17.1 Å². The van der Waals surface area contributed by atoms with Gasteiger partial charge >= 0.3 is 0 Å². The number of carbonyl (C=O) groups is 1. The third-order valence-electron chi connectivity index (χ3n) is 3.06. The minimum Gasteiger partial charge on any atom is -0.489 e. The van der Waals surface area contributed by atoms with Crippen LogP contribution in [0.3, 0.4) is 0 Å². The Morgan fingerprint density at radius 2 is 1.90 bits per heavy atom. The second-order valence-corrected chi connectivity index (χ2v) is 4.36. The van der Waals surface area contributed by atoms with Gasteiger partial charge in [-0.3, -0.25) is 4.79 Å². The molecule has 0 radical (unpaired) electrons. The number of hydrogen-bond acceptors (Lipinski definition) is 3. The summed E-state index contributed by atoms with van der Waals surface area (Å²) in [7, 11) is 0. The Labute approximate surface area is 113 Å². The molecule has 2 aromatic rings. The lowest BCUT2D eigenvalue weighted by atomic mass is 10.1. The van der Waals surface area contributed by atoms with E-state index in [1.165, 1.54) is 18.2 Å². The molecule has 1 heterocycles. The Balaban J connectivity index is 1.78. The lowest BCUT2D eigenvalue weighted by Crippen LogP contribution is -2.01. The standard InChI is InChI=1S/C15H10F2O3/c16-12-2-1-3-13(17)11(12)7-19-9-4-5-10-14(18)8-20-15(10)6-9/h1-6H,7-8H2. The van der Waals surface area contributed by atoms with E-state index in [1.54, 1.807) is 18.2 Å². The Morgan fingerprint density at radius 1 is 1.15 bits per heavy atom. The van der Waals surface area contributed by atoms with Crippen LogP contribution in [0.5, 0.6) is 11.5 Å². The number of hydrogen-bond donors (Lipinski definition) is 0. The van der Waals surface area contributed by atoms with E-state index in [1.807, 2.05) is 0 Å². The zero-order chi connectivity index (χ0) is 14.1. The quantitative estimate of drug-likeness (QED) is 0.864. The number of rotatable bonds is 3. The van der Waals surface area contributed by atoms with E-state index >= 15 is 0 Å². The second-order valence-electron chi connectivity index (χ2n) is 4.36. The Hall–Kier alpha value is -2.43. The smallest absolute Gasteiger partial charge is 0.203 e. The van der Waals surface area contributed by atoms with Crippen molar-refractivity contribution in [2.24, 2.45) is 0 Å². The highest BCUT2D eigenvalue weighted by Gasteiger charge is 2.21. The molecule has 20 heavy (non-hydrogen) atoms. The zero-order valence-electron chi connectivity index (χ0n) is 10.4. The monoisotopic (exact) mass is 276 g/mol. The second kappa shape index (κ2) is 4.92. The summed E-state index contributed by atoms with van der Waals surface area (Å²) in [6.45, 7) is -0.216. The van der Waals surface area contributed by atoms with E-state index in [-0.39, 0.29) is 24.6 Å². The summed E-state index contributed by atoms with van der Waals surface area (Å²) in [6.07, 6.45) is 0. The average Bonchev–Trinajstić information content (AvgIpc) is 2.79. The molecule has 3 nitrogen and oxygen atoms in total. The van der Waals surface area contributed by atoms with Crippen LogP contribution in [-0.2, 0) is 6.61 Å². The summed E-state index contributed by atoms with van der Waals surface area (Å²) in [5.74, 6) is -0.579. The number of carbonyl (C=O) groups excluding carboxylic acids is 1. The molecule has 0 atom stereocenters. The summed E-state index contributed by atoms with van der Waals surface area (Å²) < 4.78 is 37.4. The van der Waals surface area contributed by atoms with Gasteiger partial charge < -0.3 is 9.47 Å². The molecule has 0 spiro atoms. The highest BCUT2D eigenvalue weighted by molar-refractivity contribution is 6.02. The summed E-state index contributed by atoms with van der Waals surface area (Å²) >= 11 is 0. The first-order valence-corrected chi connectivity index (χ1v) is 6.01. The Morgan fingerprint density at radius 3 is 2.65 bits per heavy atom. The molecule has 2 aromatic carbocycles. The van der Waals surface area contributed by atoms with Gasteiger partial charge in [-0.05, 0) is 24.3 Å². The minimum atomic E-state index is -0.655. The SMILES string of the molecule is O=C1COc2cc(OCc3c(F)cccc3F)ccc21. The lowest BCUT2D eigenvalue weighted by molar-refractivity contribution is 0.0961. The van der Waals surface area contributed by atoms with E-state index < -0.39 is 11.6 Å². The molecule has 1 aliphatic rings.